The molecule has 0 amide bonds. The molecule has 18 heavy (non-hydrogen) atoms. The number of nitrogens with zero attached hydrogens (tertiary/aromatic N) is 4. The Morgan fingerprint density at radius 2 is 1.61 bits per heavy atom. The van der Waals surface area contributed by atoms with Crippen LogP contribution in [0.5, 0.6) is 0 Å². The normalized spacial score (nSPS) is 10.8. The minimum absolute atomic E-state index is 0.425. The van der Waals surface area contributed by atoms with Gasteiger partial charge in [0.1, 0.15) is 0 Å². The first kappa shape index (κ1) is 14.1. The lowest BCUT2D eigenvalue weighted by Crippen LogP contribution is -2.04. The lowest BCUT2D eigenvalue weighted by atomic mass is 10.1. The third-order valence-electron chi connectivity index (χ3n) is 2.09. The summed E-state index contributed by atoms with van der Waals surface area (Å²) in [4.78, 5) is 0. The molecule has 0 unspecified atom stereocenters. The van der Waals surface area contributed by atoms with Gasteiger partial charge in [0, 0.05) is 12.6 Å². The van der Waals surface area contributed by atoms with E-state index in [1.807, 2.05) is 13.8 Å². The predicted molar refractivity (Wildman–Crippen MR) is 60.6 cm³/mol. The van der Waals surface area contributed by atoms with Crippen molar-refractivity contribution in [2.24, 2.45) is 7.05 Å². The Hall–Kier alpha value is -1.92. The third kappa shape index (κ3) is 3.06. The molecule has 1 aromatic heterocycles. The molecule has 1 aromatic carbocycles. The number of aromatic nitrogens is 4. The zero-order valence-corrected chi connectivity index (χ0v) is 10.2. The monoisotopic (exact) mass is 258 g/mol. The van der Waals surface area contributed by atoms with E-state index < -0.39 is 11.7 Å². The van der Waals surface area contributed by atoms with Crippen LogP contribution in [0.25, 0.3) is 11.4 Å². The molecule has 0 atom stereocenters. The summed E-state index contributed by atoms with van der Waals surface area (Å²) in [7, 11) is 1.62. The molecular formula is C11H13F3N4. The van der Waals surface area contributed by atoms with Crippen LogP contribution >= 0.6 is 0 Å². The SMILES string of the molecule is CC.Cn1nnnc1-c1ccc(C(F)(F)F)cc1. The second kappa shape index (κ2) is 5.61. The van der Waals surface area contributed by atoms with Gasteiger partial charge in [-0.1, -0.05) is 26.0 Å². The molecule has 1 heterocycles. The summed E-state index contributed by atoms with van der Waals surface area (Å²) in [5, 5.41) is 10.7. The van der Waals surface area contributed by atoms with Crippen molar-refractivity contribution >= 4 is 0 Å². The highest BCUT2D eigenvalue weighted by atomic mass is 19.4. The second-order valence-electron chi connectivity index (χ2n) is 3.20. The molecule has 2 aromatic rings. The van der Waals surface area contributed by atoms with E-state index in [2.05, 4.69) is 15.5 Å². The van der Waals surface area contributed by atoms with E-state index in [1.165, 1.54) is 16.8 Å². The van der Waals surface area contributed by atoms with Gasteiger partial charge in [0.25, 0.3) is 0 Å². The zero-order valence-electron chi connectivity index (χ0n) is 10.2. The molecule has 0 bridgehead atoms. The molecule has 98 valence electrons. The van der Waals surface area contributed by atoms with Gasteiger partial charge in [-0.3, -0.25) is 0 Å². The summed E-state index contributed by atoms with van der Waals surface area (Å²) in [6.45, 7) is 4.00. The van der Waals surface area contributed by atoms with E-state index >= 15 is 0 Å². The minimum Gasteiger partial charge on any atom is -0.229 e. The zero-order chi connectivity index (χ0) is 13.8. The van der Waals surface area contributed by atoms with Crippen molar-refractivity contribution in [3.8, 4) is 11.4 Å². The first-order valence-corrected chi connectivity index (χ1v) is 5.38. The van der Waals surface area contributed by atoms with Crippen molar-refractivity contribution in [3.63, 3.8) is 0 Å². The molecule has 0 N–H and O–H groups in total. The van der Waals surface area contributed by atoms with E-state index in [0.29, 0.717) is 11.4 Å². The van der Waals surface area contributed by atoms with E-state index in [-0.39, 0.29) is 0 Å². The third-order valence-corrected chi connectivity index (χ3v) is 2.09. The van der Waals surface area contributed by atoms with Crippen LogP contribution in [-0.2, 0) is 13.2 Å². The Morgan fingerprint density at radius 1 is 1.06 bits per heavy atom. The van der Waals surface area contributed by atoms with Crippen molar-refractivity contribution in [2.45, 2.75) is 20.0 Å². The van der Waals surface area contributed by atoms with Gasteiger partial charge in [0.05, 0.1) is 5.56 Å². The topological polar surface area (TPSA) is 43.6 Å². The number of hydrogen-bond acceptors (Lipinski definition) is 3. The molecule has 0 aliphatic heterocycles. The van der Waals surface area contributed by atoms with Crippen molar-refractivity contribution in [3.05, 3.63) is 29.8 Å². The minimum atomic E-state index is -4.32. The Morgan fingerprint density at radius 3 is 2.00 bits per heavy atom. The van der Waals surface area contributed by atoms with Crippen LogP contribution in [0.2, 0.25) is 0 Å². The van der Waals surface area contributed by atoms with Gasteiger partial charge < -0.3 is 0 Å². The smallest absolute Gasteiger partial charge is 0.229 e. The first-order valence-electron chi connectivity index (χ1n) is 5.38. The molecule has 0 fully saturated rings. The lowest BCUT2D eigenvalue weighted by Gasteiger charge is -2.06. The van der Waals surface area contributed by atoms with Crippen LogP contribution in [0.15, 0.2) is 24.3 Å². The van der Waals surface area contributed by atoms with E-state index in [1.54, 1.807) is 7.05 Å². The maximum absolute atomic E-state index is 12.3. The number of aryl methyl sites for hydroxylation is 1. The van der Waals surface area contributed by atoms with Gasteiger partial charge in [-0.15, -0.1) is 5.10 Å². The number of benzene rings is 1. The molecule has 7 heteroatoms. The van der Waals surface area contributed by atoms with E-state index in [0.717, 1.165) is 12.1 Å². The standard InChI is InChI=1S/C9H7F3N4.C2H6/c1-16-8(13-14-15-16)6-2-4-7(5-3-6)9(10,11)12;1-2/h2-5H,1H3;1-2H3. The fourth-order valence-electron chi connectivity index (χ4n) is 1.28. The van der Waals surface area contributed by atoms with Crippen molar-refractivity contribution in [2.75, 3.05) is 0 Å². The number of rotatable bonds is 1. The van der Waals surface area contributed by atoms with Crippen LogP contribution < -0.4 is 0 Å². The maximum Gasteiger partial charge on any atom is 0.416 e. The van der Waals surface area contributed by atoms with Gasteiger partial charge in [-0.2, -0.15) is 13.2 Å². The molecule has 0 saturated heterocycles. The Kier molecular flexibility index (Phi) is 4.41. The van der Waals surface area contributed by atoms with Gasteiger partial charge in [0.15, 0.2) is 5.82 Å². The summed E-state index contributed by atoms with van der Waals surface area (Å²) < 4.78 is 38.3. The average Bonchev–Trinajstić information content (AvgIpc) is 2.77. The Balaban J connectivity index is 0.000000771. The Bertz CT molecular complexity index is 488. The van der Waals surface area contributed by atoms with Crippen molar-refractivity contribution < 1.29 is 13.2 Å². The van der Waals surface area contributed by atoms with Crippen LogP contribution in [0.3, 0.4) is 0 Å². The average molecular weight is 258 g/mol. The van der Waals surface area contributed by atoms with Gasteiger partial charge in [0.2, 0.25) is 0 Å². The quantitative estimate of drug-likeness (QED) is 0.789. The second-order valence-corrected chi connectivity index (χ2v) is 3.20. The van der Waals surface area contributed by atoms with Crippen LogP contribution in [0, 0.1) is 0 Å². The highest BCUT2D eigenvalue weighted by Gasteiger charge is 2.30. The van der Waals surface area contributed by atoms with Gasteiger partial charge in [-0.25, -0.2) is 4.68 Å². The molecule has 4 nitrogen and oxygen atoms in total. The van der Waals surface area contributed by atoms with Crippen molar-refractivity contribution in [1.82, 2.24) is 20.2 Å². The Labute approximate surface area is 102 Å². The molecule has 0 radical (unpaired) electrons. The number of halogens is 3. The van der Waals surface area contributed by atoms with Crippen LogP contribution in [0.1, 0.15) is 19.4 Å². The summed E-state index contributed by atoms with van der Waals surface area (Å²) in [6.07, 6.45) is -4.32. The molecule has 0 spiro atoms. The van der Waals surface area contributed by atoms with Gasteiger partial charge >= 0.3 is 6.18 Å². The van der Waals surface area contributed by atoms with Crippen molar-refractivity contribution in [1.29, 1.82) is 0 Å². The molecular weight excluding hydrogens is 245 g/mol. The van der Waals surface area contributed by atoms with Crippen LogP contribution in [0.4, 0.5) is 13.2 Å². The fraction of sp³-hybridized carbons (Fsp3) is 0.364. The van der Waals surface area contributed by atoms with Crippen LogP contribution in [-0.4, -0.2) is 20.2 Å². The van der Waals surface area contributed by atoms with E-state index in [9.17, 15) is 13.2 Å². The van der Waals surface area contributed by atoms with E-state index in [4.69, 9.17) is 0 Å². The summed E-state index contributed by atoms with van der Waals surface area (Å²) in [5.74, 6) is 0.425. The molecule has 2 rings (SSSR count). The largest absolute Gasteiger partial charge is 0.416 e. The predicted octanol–water partition coefficient (Wildman–Crippen LogP) is 2.92. The first-order chi connectivity index (χ1) is 8.48. The van der Waals surface area contributed by atoms with Gasteiger partial charge in [-0.05, 0) is 22.6 Å². The maximum atomic E-state index is 12.3. The lowest BCUT2D eigenvalue weighted by molar-refractivity contribution is -0.137. The summed E-state index contributed by atoms with van der Waals surface area (Å²) >= 11 is 0. The highest BCUT2D eigenvalue weighted by Crippen LogP contribution is 2.30. The molecule has 0 aliphatic carbocycles. The highest BCUT2D eigenvalue weighted by molar-refractivity contribution is 5.54. The number of tetrazole rings is 1. The number of hydrogen-bond donors (Lipinski definition) is 0. The molecule has 0 aliphatic rings. The number of alkyl halides is 3. The summed E-state index contributed by atoms with van der Waals surface area (Å²) in [6, 6.07) is 4.69. The fourth-order valence-corrected chi connectivity index (χ4v) is 1.28. The molecule has 0 saturated carbocycles. The summed E-state index contributed by atoms with van der Waals surface area (Å²) in [5.41, 5.74) is -0.146.